The van der Waals surface area contributed by atoms with Gasteiger partial charge in [0.2, 0.25) is 0 Å². The SMILES string of the molecule is NCc1cc(Br)c(OCOCC2CC2)c(Br)c1. The van der Waals surface area contributed by atoms with Crippen LogP contribution in [0.2, 0.25) is 0 Å². The molecule has 2 rings (SSSR count). The molecule has 17 heavy (non-hydrogen) atoms. The molecule has 0 atom stereocenters. The minimum Gasteiger partial charge on any atom is -0.465 e. The fraction of sp³-hybridized carbons (Fsp3) is 0.500. The molecule has 1 aromatic carbocycles. The van der Waals surface area contributed by atoms with Gasteiger partial charge in [-0.05, 0) is 68.3 Å². The largest absolute Gasteiger partial charge is 0.465 e. The lowest BCUT2D eigenvalue weighted by atomic mass is 10.2. The Balaban J connectivity index is 1.89. The van der Waals surface area contributed by atoms with Gasteiger partial charge >= 0.3 is 0 Å². The molecular formula is C12H15Br2NO2. The highest BCUT2D eigenvalue weighted by Crippen LogP contribution is 2.35. The lowest BCUT2D eigenvalue weighted by Crippen LogP contribution is -2.06. The van der Waals surface area contributed by atoms with E-state index in [-0.39, 0.29) is 6.79 Å². The van der Waals surface area contributed by atoms with E-state index >= 15 is 0 Å². The first-order valence-corrected chi connectivity index (χ1v) is 7.18. The van der Waals surface area contributed by atoms with E-state index in [9.17, 15) is 0 Å². The predicted octanol–water partition coefficient (Wildman–Crippen LogP) is 3.43. The monoisotopic (exact) mass is 363 g/mol. The zero-order valence-electron chi connectivity index (χ0n) is 9.42. The quantitative estimate of drug-likeness (QED) is 0.621. The molecule has 0 amide bonds. The summed E-state index contributed by atoms with van der Waals surface area (Å²) in [7, 11) is 0. The van der Waals surface area contributed by atoms with Crippen molar-refractivity contribution in [1.82, 2.24) is 0 Å². The van der Waals surface area contributed by atoms with E-state index in [2.05, 4.69) is 31.9 Å². The molecule has 0 radical (unpaired) electrons. The molecule has 0 aromatic heterocycles. The van der Waals surface area contributed by atoms with Crippen LogP contribution in [0.1, 0.15) is 18.4 Å². The topological polar surface area (TPSA) is 44.5 Å². The highest BCUT2D eigenvalue weighted by atomic mass is 79.9. The third-order valence-corrected chi connectivity index (χ3v) is 3.81. The van der Waals surface area contributed by atoms with E-state index < -0.39 is 0 Å². The van der Waals surface area contributed by atoms with Gasteiger partial charge in [0.15, 0.2) is 12.5 Å². The highest BCUT2D eigenvalue weighted by Gasteiger charge is 2.21. The Bertz CT molecular complexity index is 371. The molecule has 1 saturated carbocycles. The van der Waals surface area contributed by atoms with Gasteiger partial charge in [-0.1, -0.05) is 0 Å². The Labute approximate surface area is 118 Å². The van der Waals surface area contributed by atoms with Crippen molar-refractivity contribution in [3.8, 4) is 5.75 Å². The maximum atomic E-state index is 5.59. The van der Waals surface area contributed by atoms with Crippen LogP contribution >= 0.6 is 31.9 Å². The third kappa shape index (κ3) is 3.95. The average Bonchev–Trinajstić information content (AvgIpc) is 3.10. The molecule has 0 aliphatic heterocycles. The molecular weight excluding hydrogens is 350 g/mol. The van der Waals surface area contributed by atoms with Crippen molar-refractivity contribution in [1.29, 1.82) is 0 Å². The third-order valence-electron chi connectivity index (χ3n) is 2.63. The molecule has 0 saturated heterocycles. The van der Waals surface area contributed by atoms with Crippen LogP contribution in [0.15, 0.2) is 21.1 Å². The first-order valence-electron chi connectivity index (χ1n) is 5.59. The van der Waals surface area contributed by atoms with E-state index in [1.165, 1.54) is 12.8 Å². The normalized spacial score (nSPS) is 15.0. The van der Waals surface area contributed by atoms with E-state index in [0.29, 0.717) is 6.54 Å². The van der Waals surface area contributed by atoms with Gasteiger partial charge in [-0.15, -0.1) is 0 Å². The summed E-state index contributed by atoms with van der Waals surface area (Å²) in [5.41, 5.74) is 6.64. The lowest BCUT2D eigenvalue weighted by Gasteiger charge is -2.11. The van der Waals surface area contributed by atoms with Crippen LogP contribution < -0.4 is 10.5 Å². The van der Waals surface area contributed by atoms with Crippen molar-refractivity contribution in [3.05, 3.63) is 26.6 Å². The van der Waals surface area contributed by atoms with Crippen LogP contribution in [-0.4, -0.2) is 13.4 Å². The minimum atomic E-state index is 0.287. The van der Waals surface area contributed by atoms with Crippen LogP contribution in [-0.2, 0) is 11.3 Å². The number of rotatable bonds is 6. The minimum absolute atomic E-state index is 0.287. The Hall–Kier alpha value is -0.100. The Morgan fingerprint density at radius 2 is 1.88 bits per heavy atom. The molecule has 0 unspecified atom stereocenters. The van der Waals surface area contributed by atoms with E-state index in [1.54, 1.807) is 0 Å². The van der Waals surface area contributed by atoms with Gasteiger partial charge in [0.05, 0.1) is 15.6 Å². The summed E-state index contributed by atoms with van der Waals surface area (Å²) < 4.78 is 12.8. The smallest absolute Gasteiger partial charge is 0.189 e. The molecule has 1 aliphatic carbocycles. The summed E-state index contributed by atoms with van der Waals surface area (Å²) in [5, 5.41) is 0. The summed E-state index contributed by atoms with van der Waals surface area (Å²) in [6.45, 7) is 1.60. The van der Waals surface area contributed by atoms with E-state index in [1.807, 2.05) is 12.1 Å². The highest BCUT2D eigenvalue weighted by molar-refractivity contribution is 9.11. The summed E-state index contributed by atoms with van der Waals surface area (Å²) in [4.78, 5) is 0. The molecule has 5 heteroatoms. The predicted molar refractivity (Wildman–Crippen MR) is 73.9 cm³/mol. The summed E-state index contributed by atoms with van der Waals surface area (Å²) in [6.07, 6.45) is 2.58. The van der Waals surface area contributed by atoms with Crippen LogP contribution in [0.5, 0.6) is 5.75 Å². The van der Waals surface area contributed by atoms with Crippen LogP contribution in [0.4, 0.5) is 0 Å². The number of halogens is 2. The standard InChI is InChI=1S/C12H15Br2NO2/c13-10-3-9(5-15)4-11(14)12(10)17-7-16-6-8-1-2-8/h3-4,8H,1-2,5-7,15H2. The number of hydrogen-bond donors (Lipinski definition) is 1. The molecule has 1 aromatic rings. The average molecular weight is 365 g/mol. The van der Waals surface area contributed by atoms with Crippen LogP contribution in [0.3, 0.4) is 0 Å². The molecule has 0 heterocycles. The van der Waals surface area contributed by atoms with Gasteiger partial charge in [0.1, 0.15) is 0 Å². The molecule has 0 spiro atoms. The first-order chi connectivity index (χ1) is 8.20. The van der Waals surface area contributed by atoms with Crippen molar-refractivity contribution in [2.24, 2.45) is 11.7 Å². The van der Waals surface area contributed by atoms with Gasteiger partial charge in [-0.25, -0.2) is 0 Å². The molecule has 3 nitrogen and oxygen atoms in total. The maximum Gasteiger partial charge on any atom is 0.189 e. The van der Waals surface area contributed by atoms with Crippen molar-refractivity contribution >= 4 is 31.9 Å². The number of hydrogen-bond acceptors (Lipinski definition) is 3. The van der Waals surface area contributed by atoms with Crippen molar-refractivity contribution in [2.45, 2.75) is 19.4 Å². The number of nitrogens with two attached hydrogens (primary N) is 1. The zero-order chi connectivity index (χ0) is 12.3. The van der Waals surface area contributed by atoms with E-state index in [4.69, 9.17) is 15.2 Å². The number of benzene rings is 1. The van der Waals surface area contributed by atoms with Gasteiger partial charge < -0.3 is 15.2 Å². The molecule has 2 N–H and O–H groups in total. The van der Waals surface area contributed by atoms with Gasteiger partial charge in [-0.2, -0.15) is 0 Å². The molecule has 0 bridgehead atoms. The van der Waals surface area contributed by atoms with Gasteiger partial charge in [-0.3, -0.25) is 0 Å². The number of ether oxygens (including phenoxy) is 2. The zero-order valence-corrected chi connectivity index (χ0v) is 12.6. The Kier molecular flexibility index (Phi) is 4.85. The molecule has 1 fully saturated rings. The molecule has 1 aliphatic rings. The van der Waals surface area contributed by atoms with Crippen molar-refractivity contribution in [3.63, 3.8) is 0 Å². The van der Waals surface area contributed by atoms with Crippen LogP contribution in [0.25, 0.3) is 0 Å². The Morgan fingerprint density at radius 1 is 1.24 bits per heavy atom. The second-order valence-electron chi connectivity index (χ2n) is 4.17. The summed E-state index contributed by atoms with van der Waals surface area (Å²) in [5.74, 6) is 1.52. The maximum absolute atomic E-state index is 5.59. The van der Waals surface area contributed by atoms with Gasteiger partial charge in [0, 0.05) is 6.54 Å². The Morgan fingerprint density at radius 3 is 2.41 bits per heavy atom. The summed E-state index contributed by atoms with van der Waals surface area (Å²) >= 11 is 6.93. The second-order valence-corrected chi connectivity index (χ2v) is 5.88. The van der Waals surface area contributed by atoms with Gasteiger partial charge in [0.25, 0.3) is 0 Å². The fourth-order valence-corrected chi connectivity index (χ4v) is 2.98. The van der Waals surface area contributed by atoms with Crippen LogP contribution in [0, 0.1) is 5.92 Å². The molecule has 94 valence electrons. The summed E-state index contributed by atoms with van der Waals surface area (Å²) in [6, 6.07) is 3.92. The second kappa shape index (κ2) is 6.18. The lowest BCUT2D eigenvalue weighted by molar-refractivity contribution is 0.00913. The fourth-order valence-electron chi connectivity index (χ4n) is 1.47. The van der Waals surface area contributed by atoms with Crippen molar-refractivity contribution < 1.29 is 9.47 Å². The van der Waals surface area contributed by atoms with Crippen molar-refractivity contribution in [2.75, 3.05) is 13.4 Å². The van der Waals surface area contributed by atoms with E-state index in [0.717, 1.165) is 32.8 Å². The first kappa shape index (κ1) is 13.3.